The second-order valence-electron chi connectivity index (χ2n) is 8.67. The molecule has 2 aromatic rings. The quantitative estimate of drug-likeness (QED) is 0.769. The van der Waals surface area contributed by atoms with Crippen molar-refractivity contribution in [3.05, 3.63) is 53.6 Å². The first-order valence-corrected chi connectivity index (χ1v) is 8.90. The van der Waals surface area contributed by atoms with Crippen LogP contribution in [0, 0.1) is 0 Å². The van der Waals surface area contributed by atoms with Crippen molar-refractivity contribution in [3.63, 3.8) is 0 Å². The predicted molar refractivity (Wildman–Crippen MR) is 109 cm³/mol. The summed E-state index contributed by atoms with van der Waals surface area (Å²) < 4.78 is 5.85. The van der Waals surface area contributed by atoms with Crippen molar-refractivity contribution < 1.29 is 9.53 Å². The number of benzene rings is 2. The highest BCUT2D eigenvalue weighted by molar-refractivity contribution is 5.92. The molecule has 0 aliphatic rings. The molecule has 0 aliphatic carbocycles. The largest absolute Gasteiger partial charge is 0.483 e. The minimum absolute atomic E-state index is 0.0489. The van der Waals surface area contributed by atoms with Gasteiger partial charge < -0.3 is 15.8 Å². The fourth-order valence-electron chi connectivity index (χ4n) is 2.67. The molecule has 2 rings (SSSR count). The van der Waals surface area contributed by atoms with Crippen LogP contribution >= 0.6 is 0 Å². The molecular formula is C22H30N2O2. The van der Waals surface area contributed by atoms with Gasteiger partial charge in [-0.25, -0.2) is 0 Å². The summed E-state index contributed by atoms with van der Waals surface area (Å²) >= 11 is 0. The van der Waals surface area contributed by atoms with Crippen LogP contribution in [0.3, 0.4) is 0 Å². The summed E-state index contributed by atoms with van der Waals surface area (Å²) in [5.74, 6) is 0.531. The van der Waals surface area contributed by atoms with E-state index in [1.165, 1.54) is 5.56 Å². The minimum Gasteiger partial charge on any atom is -0.483 e. The third kappa shape index (κ3) is 5.25. The Balaban J connectivity index is 2.14. The minimum atomic E-state index is -0.213. The molecule has 0 atom stereocenters. The molecule has 0 saturated carbocycles. The van der Waals surface area contributed by atoms with Gasteiger partial charge in [0.15, 0.2) is 6.61 Å². The van der Waals surface area contributed by atoms with Gasteiger partial charge in [-0.15, -0.1) is 0 Å². The number of carbonyl (C=O) groups is 1. The molecule has 26 heavy (non-hydrogen) atoms. The molecule has 0 aliphatic heterocycles. The number of ether oxygens (including phenoxy) is 1. The lowest BCUT2D eigenvalue weighted by molar-refractivity contribution is -0.118. The molecule has 0 spiro atoms. The summed E-state index contributed by atoms with van der Waals surface area (Å²) in [6, 6.07) is 13.3. The number of rotatable bonds is 4. The van der Waals surface area contributed by atoms with Gasteiger partial charge in [0.1, 0.15) is 5.75 Å². The molecule has 0 unspecified atom stereocenters. The van der Waals surface area contributed by atoms with Crippen LogP contribution in [0.15, 0.2) is 42.5 Å². The fourth-order valence-corrected chi connectivity index (χ4v) is 2.67. The number of hydrogen-bond acceptors (Lipinski definition) is 3. The van der Waals surface area contributed by atoms with E-state index in [1.807, 2.05) is 6.07 Å². The van der Waals surface area contributed by atoms with Gasteiger partial charge in [0.25, 0.3) is 5.91 Å². The van der Waals surface area contributed by atoms with Gasteiger partial charge >= 0.3 is 0 Å². The van der Waals surface area contributed by atoms with Gasteiger partial charge in [-0.2, -0.15) is 0 Å². The zero-order valence-electron chi connectivity index (χ0n) is 16.6. The average Bonchev–Trinajstić information content (AvgIpc) is 2.51. The lowest BCUT2D eigenvalue weighted by Crippen LogP contribution is -2.22. The van der Waals surface area contributed by atoms with E-state index in [4.69, 9.17) is 10.5 Å². The van der Waals surface area contributed by atoms with Crippen molar-refractivity contribution in [2.75, 3.05) is 17.7 Å². The van der Waals surface area contributed by atoms with E-state index in [1.54, 1.807) is 24.3 Å². The molecule has 2 aromatic carbocycles. The topological polar surface area (TPSA) is 64.3 Å². The van der Waals surface area contributed by atoms with Gasteiger partial charge in [-0.05, 0) is 46.2 Å². The maximum absolute atomic E-state index is 12.2. The van der Waals surface area contributed by atoms with Crippen LogP contribution in [-0.4, -0.2) is 12.5 Å². The molecule has 0 aromatic heterocycles. The van der Waals surface area contributed by atoms with Gasteiger partial charge in [-0.1, -0.05) is 59.7 Å². The average molecular weight is 354 g/mol. The van der Waals surface area contributed by atoms with Crippen LogP contribution in [0.1, 0.15) is 52.7 Å². The Bertz CT molecular complexity index is 783. The number of nitrogens with two attached hydrogens (primary N) is 1. The van der Waals surface area contributed by atoms with E-state index in [0.717, 1.165) is 11.3 Å². The molecular weight excluding hydrogens is 324 g/mol. The number of carbonyl (C=O) groups excluding carboxylic acids is 1. The zero-order chi connectivity index (χ0) is 19.5. The van der Waals surface area contributed by atoms with Crippen LogP contribution in [0.2, 0.25) is 0 Å². The first kappa shape index (κ1) is 19.8. The molecule has 0 heterocycles. The summed E-state index contributed by atoms with van der Waals surface area (Å²) in [5, 5.41) is 2.80. The fraction of sp³-hybridized carbons (Fsp3) is 0.409. The summed E-state index contributed by atoms with van der Waals surface area (Å²) in [5.41, 5.74) is 9.33. The Morgan fingerprint density at radius 2 is 1.69 bits per heavy atom. The van der Waals surface area contributed by atoms with Crippen molar-refractivity contribution in [1.82, 2.24) is 0 Å². The number of hydrogen-bond donors (Lipinski definition) is 2. The Kier molecular flexibility index (Phi) is 5.65. The van der Waals surface area contributed by atoms with Crippen molar-refractivity contribution >= 4 is 17.3 Å². The Hall–Kier alpha value is -2.49. The van der Waals surface area contributed by atoms with E-state index in [9.17, 15) is 4.79 Å². The second-order valence-corrected chi connectivity index (χ2v) is 8.67. The van der Waals surface area contributed by atoms with Crippen LogP contribution in [0.4, 0.5) is 11.4 Å². The lowest BCUT2D eigenvalue weighted by atomic mass is 9.80. The summed E-state index contributed by atoms with van der Waals surface area (Å²) in [6.07, 6.45) is 0. The first-order valence-electron chi connectivity index (χ1n) is 8.90. The molecule has 4 heteroatoms. The van der Waals surface area contributed by atoms with Crippen LogP contribution in [-0.2, 0) is 15.6 Å². The predicted octanol–water partition coefficient (Wildman–Crippen LogP) is 4.88. The summed E-state index contributed by atoms with van der Waals surface area (Å²) in [7, 11) is 0. The van der Waals surface area contributed by atoms with Crippen LogP contribution in [0.5, 0.6) is 5.75 Å². The Morgan fingerprint density at radius 1 is 1.00 bits per heavy atom. The van der Waals surface area contributed by atoms with Crippen LogP contribution < -0.4 is 15.8 Å². The highest BCUT2D eigenvalue weighted by Crippen LogP contribution is 2.35. The van der Waals surface area contributed by atoms with E-state index >= 15 is 0 Å². The number of nitrogens with one attached hydrogen (secondary N) is 1. The standard InChI is InChI=1S/C22H30N2O2/c1-21(2,3)15-10-11-19(18(12-15)22(4,5)6)26-14-20(25)24-17-9-7-8-16(23)13-17/h7-13H,14,23H2,1-6H3,(H,24,25). The van der Waals surface area contributed by atoms with Gasteiger partial charge in [0, 0.05) is 11.4 Å². The Morgan fingerprint density at radius 3 is 2.27 bits per heavy atom. The van der Waals surface area contributed by atoms with E-state index in [-0.39, 0.29) is 23.3 Å². The maximum Gasteiger partial charge on any atom is 0.262 e. The Labute approximate surface area is 156 Å². The zero-order valence-corrected chi connectivity index (χ0v) is 16.6. The molecule has 140 valence electrons. The SMILES string of the molecule is CC(C)(C)c1ccc(OCC(=O)Nc2cccc(N)c2)c(C(C)(C)C)c1. The molecule has 0 radical (unpaired) electrons. The molecule has 0 bridgehead atoms. The normalized spacial score (nSPS) is 11.9. The summed E-state index contributed by atoms with van der Waals surface area (Å²) in [4.78, 5) is 12.2. The third-order valence-corrected chi connectivity index (χ3v) is 4.18. The van der Waals surface area contributed by atoms with Crippen molar-refractivity contribution in [1.29, 1.82) is 0 Å². The maximum atomic E-state index is 12.2. The van der Waals surface area contributed by atoms with Crippen LogP contribution in [0.25, 0.3) is 0 Å². The van der Waals surface area contributed by atoms with Crippen molar-refractivity contribution in [2.24, 2.45) is 0 Å². The molecule has 0 saturated heterocycles. The van der Waals surface area contributed by atoms with E-state index in [2.05, 4.69) is 59.0 Å². The summed E-state index contributed by atoms with van der Waals surface area (Å²) in [6.45, 7) is 13.0. The smallest absolute Gasteiger partial charge is 0.262 e. The molecule has 1 amide bonds. The van der Waals surface area contributed by atoms with Gasteiger partial charge in [0.2, 0.25) is 0 Å². The number of anilines is 2. The number of nitrogen functional groups attached to an aromatic ring is 1. The highest BCUT2D eigenvalue weighted by Gasteiger charge is 2.23. The number of amides is 1. The second kappa shape index (κ2) is 7.40. The van der Waals surface area contributed by atoms with Gasteiger partial charge in [-0.3, -0.25) is 4.79 Å². The highest BCUT2D eigenvalue weighted by atomic mass is 16.5. The molecule has 4 nitrogen and oxygen atoms in total. The van der Waals surface area contributed by atoms with Gasteiger partial charge in [0.05, 0.1) is 0 Å². The van der Waals surface area contributed by atoms with E-state index in [0.29, 0.717) is 11.4 Å². The molecule has 3 N–H and O–H groups in total. The monoisotopic (exact) mass is 354 g/mol. The van der Waals surface area contributed by atoms with E-state index < -0.39 is 0 Å². The van der Waals surface area contributed by atoms with Crippen molar-refractivity contribution in [3.8, 4) is 5.75 Å². The third-order valence-electron chi connectivity index (χ3n) is 4.18. The lowest BCUT2D eigenvalue weighted by Gasteiger charge is -2.27. The first-order chi connectivity index (χ1) is 12.0. The van der Waals surface area contributed by atoms with Crippen molar-refractivity contribution in [2.45, 2.75) is 52.4 Å². The molecule has 0 fully saturated rings.